The number of rotatable bonds is 19. The predicted molar refractivity (Wildman–Crippen MR) is 110 cm³/mol. The number of ether oxygens (including phenoxy) is 4. The second-order valence-electron chi connectivity index (χ2n) is 5.71. The van der Waals surface area contributed by atoms with Gasteiger partial charge in [0, 0.05) is 13.2 Å². The van der Waals surface area contributed by atoms with Gasteiger partial charge in [-0.3, -0.25) is 4.55 Å². The maximum absolute atomic E-state index is 10.7. The van der Waals surface area contributed by atoms with E-state index < -0.39 is 31.0 Å². The molecule has 0 aliphatic carbocycles. The number of aromatic nitrogens is 3. The van der Waals surface area contributed by atoms with Gasteiger partial charge in [-0.15, -0.1) is 4.98 Å². The fraction of sp³-hybridized carbons (Fsp3) is 0.800. The molecule has 0 saturated heterocycles. The van der Waals surface area contributed by atoms with Crippen LogP contribution < -0.4 is 14.8 Å². The van der Waals surface area contributed by atoms with Crippen LogP contribution in [0.15, 0.2) is 0 Å². The molecular formula is C15H29N4O10PS. The van der Waals surface area contributed by atoms with Gasteiger partial charge in [-0.2, -0.15) is 18.4 Å². The number of aliphatic hydroxyl groups is 2. The molecule has 1 atom stereocenters. The van der Waals surface area contributed by atoms with E-state index in [0.717, 1.165) is 6.42 Å². The molecule has 31 heavy (non-hydrogen) atoms. The molecule has 1 aromatic rings. The van der Waals surface area contributed by atoms with Gasteiger partial charge in [0.2, 0.25) is 5.95 Å². The molecule has 0 aliphatic heterocycles. The van der Waals surface area contributed by atoms with Crippen LogP contribution in [0.5, 0.6) is 12.0 Å². The van der Waals surface area contributed by atoms with Gasteiger partial charge in [-0.05, 0) is 14.3 Å². The second kappa shape index (κ2) is 16.2. The van der Waals surface area contributed by atoms with Crippen LogP contribution in [-0.4, -0.2) is 103 Å². The molecule has 0 radical (unpaired) electrons. The Hall–Kier alpha value is -1.45. The Balaban J connectivity index is 2.70. The Morgan fingerprint density at radius 2 is 1.65 bits per heavy atom. The second-order valence-corrected chi connectivity index (χ2v) is 8.94. The van der Waals surface area contributed by atoms with Crippen LogP contribution >= 0.6 is 7.92 Å². The lowest BCUT2D eigenvalue weighted by Gasteiger charge is -2.15. The fourth-order valence-electron chi connectivity index (χ4n) is 1.80. The maximum Gasteiger partial charge on any atom is 0.397 e. The molecule has 0 aromatic carbocycles. The first-order valence-electron chi connectivity index (χ1n) is 9.34. The molecule has 14 nitrogen and oxygen atoms in total. The van der Waals surface area contributed by atoms with Crippen molar-refractivity contribution in [2.75, 3.05) is 70.5 Å². The first-order valence-corrected chi connectivity index (χ1v) is 12.6. The zero-order chi connectivity index (χ0) is 23.0. The summed E-state index contributed by atoms with van der Waals surface area (Å²) in [6.07, 6.45) is -0.0860. The Morgan fingerprint density at radius 1 is 0.935 bits per heavy atom. The van der Waals surface area contributed by atoms with Gasteiger partial charge in [0.25, 0.3) is 0 Å². The Kier molecular flexibility index (Phi) is 14.4. The van der Waals surface area contributed by atoms with Crippen LogP contribution in [0.1, 0.15) is 13.3 Å². The summed E-state index contributed by atoms with van der Waals surface area (Å²) in [5, 5.41) is 20.9. The van der Waals surface area contributed by atoms with Crippen LogP contribution in [-0.2, 0) is 24.1 Å². The van der Waals surface area contributed by atoms with E-state index in [1.165, 1.54) is 0 Å². The lowest BCUT2D eigenvalue weighted by molar-refractivity contribution is 0.0965. The zero-order valence-electron chi connectivity index (χ0n) is 17.2. The summed E-state index contributed by atoms with van der Waals surface area (Å²) >= 11 is 0. The van der Waals surface area contributed by atoms with E-state index in [4.69, 9.17) is 28.6 Å². The van der Waals surface area contributed by atoms with Crippen molar-refractivity contribution in [3.8, 4) is 12.0 Å². The topological polar surface area (TPSA) is 192 Å². The predicted octanol–water partition coefficient (Wildman–Crippen LogP) is -0.357. The third-order valence-corrected chi connectivity index (χ3v) is 5.11. The number of nitrogens with zero attached hydrogens (tertiary/aromatic N) is 3. The van der Waals surface area contributed by atoms with Crippen molar-refractivity contribution in [2.45, 2.75) is 13.3 Å². The standard InChI is InChI=1S/C15H29N4O10PS/c1-2-5-25-8-9-27-14-17-13(16-3-6-26-7-4-20)18-15(19-14)28-11-30(10-21)12-29-31(22,23)24/h20-21H,2-12H2,1H3,(H,22,23,24)(H,16,17,18,19). The van der Waals surface area contributed by atoms with E-state index in [9.17, 15) is 13.5 Å². The molecule has 16 heteroatoms. The number of anilines is 1. The minimum atomic E-state index is -4.62. The van der Waals surface area contributed by atoms with Gasteiger partial charge in [-0.25, -0.2) is 4.18 Å². The molecule has 1 aromatic heterocycles. The molecule has 0 amide bonds. The van der Waals surface area contributed by atoms with Crippen molar-refractivity contribution in [3.05, 3.63) is 0 Å². The molecule has 1 rings (SSSR count). The van der Waals surface area contributed by atoms with Crippen molar-refractivity contribution in [3.63, 3.8) is 0 Å². The van der Waals surface area contributed by atoms with E-state index in [-0.39, 0.29) is 44.1 Å². The van der Waals surface area contributed by atoms with E-state index in [1.807, 2.05) is 6.92 Å². The fourth-order valence-corrected chi connectivity index (χ4v) is 3.46. The summed E-state index contributed by atoms with van der Waals surface area (Å²) in [5.41, 5.74) is 0. The minimum absolute atomic E-state index is 0.0219. The van der Waals surface area contributed by atoms with Crippen LogP contribution in [0.3, 0.4) is 0 Å². The Morgan fingerprint density at radius 3 is 2.29 bits per heavy atom. The third kappa shape index (κ3) is 14.3. The molecule has 0 spiro atoms. The number of hydrogen-bond acceptors (Lipinski definition) is 13. The molecule has 1 heterocycles. The van der Waals surface area contributed by atoms with Crippen LogP contribution in [0.4, 0.5) is 5.95 Å². The molecule has 0 saturated carbocycles. The smallest absolute Gasteiger partial charge is 0.397 e. The molecule has 0 bridgehead atoms. The first kappa shape index (κ1) is 27.6. The normalized spacial score (nSPS) is 12.5. The lowest BCUT2D eigenvalue weighted by Crippen LogP contribution is -2.16. The van der Waals surface area contributed by atoms with Gasteiger partial charge >= 0.3 is 22.4 Å². The molecular weight excluding hydrogens is 459 g/mol. The van der Waals surface area contributed by atoms with Crippen LogP contribution in [0.2, 0.25) is 0 Å². The van der Waals surface area contributed by atoms with Crippen LogP contribution in [0.25, 0.3) is 0 Å². The summed E-state index contributed by atoms with van der Waals surface area (Å²) in [4.78, 5) is 12.2. The van der Waals surface area contributed by atoms with Gasteiger partial charge < -0.3 is 34.5 Å². The van der Waals surface area contributed by atoms with Gasteiger partial charge in [0.05, 0.1) is 39.1 Å². The summed E-state index contributed by atoms with van der Waals surface area (Å²) in [7, 11) is -6.08. The van der Waals surface area contributed by atoms with E-state index in [1.54, 1.807) is 0 Å². The molecule has 0 aliphatic rings. The summed E-state index contributed by atoms with van der Waals surface area (Å²) in [6.45, 7) is 3.89. The van der Waals surface area contributed by atoms with E-state index in [0.29, 0.717) is 26.4 Å². The minimum Gasteiger partial charge on any atom is -0.461 e. The van der Waals surface area contributed by atoms with Crippen molar-refractivity contribution >= 4 is 24.3 Å². The highest BCUT2D eigenvalue weighted by atomic mass is 32.3. The molecule has 0 fully saturated rings. The summed E-state index contributed by atoms with van der Waals surface area (Å²) in [6, 6.07) is -0.141. The number of aliphatic hydroxyl groups excluding tert-OH is 2. The quantitative estimate of drug-likeness (QED) is 0.112. The lowest BCUT2D eigenvalue weighted by atomic mass is 10.5. The first-order chi connectivity index (χ1) is 14.9. The highest BCUT2D eigenvalue weighted by Gasteiger charge is 2.15. The van der Waals surface area contributed by atoms with Gasteiger partial charge in [0.15, 0.2) is 0 Å². The largest absolute Gasteiger partial charge is 0.461 e. The highest BCUT2D eigenvalue weighted by molar-refractivity contribution is 7.81. The molecule has 1 unspecified atom stereocenters. The SMILES string of the molecule is CCCOCCOc1nc(NCCOCCO)nc(OCP(CO)COS(=O)(=O)O)n1. The monoisotopic (exact) mass is 488 g/mol. The maximum atomic E-state index is 10.7. The zero-order valence-corrected chi connectivity index (χ0v) is 18.9. The highest BCUT2D eigenvalue weighted by Crippen LogP contribution is 2.34. The van der Waals surface area contributed by atoms with E-state index in [2.05, 4.69) is 24.5 Å². The van der Waals surface area contributed by atoms with Crippen LogP contribution in [0, 0.1) is 0 Å². The molecule has 180 valence electrons. The molecule has 4 N–H and O–H groups in total. The Bertz CT molecular complexity index is 683. The van der Waals surface area contributed by atoms with E-state index >= 15 is 0 Å². The average Bonchev–Trinajstić information content (AvgIpc) is 2.73. The van der Waals surface area contributed by atoms with Crippen molar-refractivity contribution in [2.24, 2.45) is 0 Å². The van der Waals surface area contributed by atoms with Crippen molar-refractivity contribution < 1.29 is 46.3 Å². The van der Waals surface area contributed by atoms with Gasteiger partial charge in [-0.1, -0.05) is 6.92 Å². The van der Waals surface area contributed by atoms with Crippen molar-refractivity contribution in [1.29, 1.82) is 0 Å². The number of hydrogen-bond donors (Lipinski definition) is 4. The third-order valence-electron chi connectivity index (χ3n) is 3.13. The number of nitrogens with one attached hydrogen (secondary N) is 1. The summed E-state index contributed by atoms with van der Waals surface area (Å²) < 4.78 is 55.6. The Labute approximate surface area is 182 Å². The van der Waals surface area contributed by atoms with Gasteiger partial charge in [0.1, 0.15) is 13.0 Å². The van der Waals surface area contributed by atoms with Crippen molar-refractivity contribution in [1.82, 2.24) is 15.0 Å². The average molecular weight is 488 g/mol. The summed E-state index contributed by atoms with van der Waals surface area (Å²) in [5.74, 6) is 0.143.